The van der Waals surface area contributed by atoms with E-state index in [4.69, 9.17) is 9.68 Å². The second kappa shape index (κ2) is 4.84. The van der Waals surface area contributed by atoms with Crippen LogP contribution in [0.4, 0.5) is 0 Å². The van der Waals surface area contributed by atoms with Gasteiger partial charge in [0.05, 0.1) is 18.2 Å². The summed E-state index contributed by atoms with van der Waals surface area (Å²) in [6, 6.07) is 10.2. The molecule has 0 aliphatic rings. The van der Waals surface area contributed by atoms with Gasteiger partial charge in [-0.2, -0.15) is 5.26 Å². The molecule has 3 heteroatoms. The number of aryl methyl sites for hydroxylation is 2. The standard InChI is InChI=1S/C14H14N2O/c1-3-11-4-6-12(7-5-11)14-16-13(8-9-15)10(2)17-14/h4-7H,3,8H2,1-2H3. The lowest BCUT2D eigenvalue weighted by atomic mass is 10.1. The van der Waals surface area contributed by atoms with Gasteiger partial charge in [0, 0.05) is 5.56 Å². The molecule has 1 aromatic carbocycles. The molecule has 1 aromatic heterocycles. The van der Waals surface area contributed by atoms with Crippen molar-refractivity contribution in [3.8, 4) is 17.5 Å². The minimum Gasteiger partial charge on any atom is -0.441 e. The lowest BCUT2D eigenvalue weighted by Crippen LogP contribution is -1.85. The van der Waals surface area contributed by atoms with Crippen LogP contribution in [0.15, 0.2) is 28.7 Å². The van der Waals surface area contributed by atoms with Gasteiger partial charge < -0.3 is 4.42 Å². The molecule has 0 bridgehead atoms. The fourth-order valence-electron chi connectivity index (χ4n) is 1.67. The van der Waals surface area contributed by atoms with Gasteiger partial charge in [-0.1, -0.05) is 19.1 Å². The zero-order chi connectivity index (χ0) is 12.3. The molecule has 17 heavy (non-hydrogen) atoms. The lowest BCUT2D eigenvalue weighted by molar-refractivity contribution is 0.540. The number of nitriles is 1. The van der Waals surface area contributed by atoms with Crippen molar-refractivity contribution in [2.24, 2.45) is 0 Å². The molecule has 86 valence electrons. The summed E-state index contributed by atoms with van der Waals surface area (Å²) in [4.78, 5) is 4.34. The van der Waals surface area contributed by atoms with Gasteiger partial charge in [-0.25, -0.2) is 4.98 Å². The Morgan fingerprint density at radius 3 is 2.59 bits per heavy atom. The Bertz CT molecular complexity index is 547. The molecule has 0 saturated carbocycles. The van der Waals surface area contributed by atoms with Crippen LogP contribution in [0, 0.1) is 18.3 Å². The summed E-state index contributed by atoms with van der Waals surface area (Å²) in [5, 5.41) is 8.66. The van der Waals surface area contributed by atoms with Gasteiger partial charge in [0.25, 0.3) is 0 Å². The molecule has 0 spiro atoms. The normalized spacial score (nSPS) is 10.2. The molecule has 2 aromatic rings. The van der Waals surface area contributed by atoms with Gasteiger partial charge in [0.1, 0.15) is 5.76 Å². The van der Waals surface area contributed by atoms with E-state index in [2.05, 4.69) is 30.1 Å². The van der Waals surface area contributed by atoms with Crippen molar-refractivity contribution in [3.63, 3.8) is 0 Å². The minimum atomic E-state index is 0.294. The molecule has 0 N–H and O–H groups in total. The van der Waals surface area contributed by atoms with Crippen molar-refractivity contribution < 1.29 is 4.42 Å². The summed E-state index contributed by atoms with van der Waals surface area (Å²) in [5.41, 5.74) is 2.96. The van der Waals surface area contributed by atoms with Crippen molar-refractivity contribution in [2.45, 2.75) is 26.7 Å². The van der Waals surface area contributed by atoms with Crippen LogP contribution < -0.4 is 0 Å². The molecule has 0 fully saturated rings. The lowest BCUT2D eigenvalue weighted by Gasteiger charge is -1.97. The van der Waals surface area contributed by atoms with Gasteiger partial charge >= 0.3 is 0 Å². The van der Waals surface area contributed by atoms with Crippen LogP contribution in [-0.2, 0) is 12.8 Å². The maximum absolute atomic E-state index is 8.66. The molecular weight excluding hydrogens is 212 g/mol. The van der Waals surface area contributed by atoms with Crippen LogP contribution in [0.25, 0.3) is 11.5 Å². The highest BCUT2D eigenvalue weighted by Crippen LogP contribution is 2.22. The molecule has 0 aliphatic carbocycles. The van der Waals surface area contributed by atoms with Gasteiger partial charge in [0.15, 0.2) is 0 Å². The van der Waals surface area contributed by atoms with E-state index in [-0.39, 0.29) is 0 Å². The van der Waals surface area contributed by atoms with E-state index in [1.807, 2.05) is 19.1 Å². The third-order valence-corrected chi connectivity index (χ3v) is 2.75. The maximum atomic E-state index is 8.66. The molecule has 0 unspecified atom stereocenters. The average molecular weight is 226 g/mol. The number of hydrogen-bond acceptors (Lipinski definition) is 3. The topological polar surface area (TPSA) is 49.8 Å². The molecule has 0 amide bonds. The van der Waals surface area contributed by atoms with Crippen molar-refractivity contribution in [3.05, 3.63) is 41.3 Å². The Morgan fingerprint density at radius 2 is 2.00 bits per heavy atom. The number of rotatable bonds is 3. The summed E-state index contributed by atoms with van der Waals surface area (Å²) in [6.45, 7) is 3.96. The smallest absolute Gasteiger partial charge is 0.226 e. The Hall–Kier alpha value is -2.08. The quantitative estimate of drug-likeness (QED) is 0.807. The monoisotopic (exact) mass is 226 g/mol. The number of benzene rings is 1. The fraction of sp³-hybridized carbons (Fsp3) is 0.286. The third-order valence-electron chi connectivity index (χ3n) is 2.75. The molecule has 3 nitrogen and oxygen atoms in total. The summed E-state index contributed by atoms with van der Waals surface area (Å²) in [6.07, 6.45) is 1.31. The Morgan fingerprint density at radius 1 is 1.29 bits per heavy atom. The van der Waals surface area contributed by atoms with Crippen LogP contribution in [0.2, 0.25) is 0 Å². The third kappa shape index (κ3) is 2.36. The highest BCUT2D eigenvalue weighted by Gasteiger charge is 2.10. The van der Waals surface area contributed by atoms with Crippen LogP contribution in [0.3, 0.4) is 0 Å². The average Bonchev–Trinajstić information content (AvgIpc) is 2.72. The van der Waals surface area contributed by atoms with Crippen LogP contribution in [0.1, 0.15) is 23.9 Å². The van der Waals surface area contributed by atoms with Crippen molar-refractivity contribution in [1.29, 1.82) is 5.26 Å². The predicted octanol–water partition coefficient (Wildman–Crippen LogP) is 3.28. The van der Waals surface area contributed by atoms with E-state index >= 15 is 0 Å². The summed E-state index contributed by atoms with van der Waals surface area (Å²) < 4.78 is 5.56. The van der Waals surface area contributed by atoms with E-state index in [1.54, 1.807) is 0 Å². The van der Waals surface area contributed by atoms with E-state index in [9.17, 15) is 0 Å². The van der Waals surface area contributed by atoms with E-state index in [0.717, 1.165) is 23.4 Å². The van der Waals surface area contributed by atoms with Gasteiger partial charge in [-0.15, -0.1) is 0 Å². The minimum absolute atomic E-state index is 0.294. The van der Waals surface area contributed by atoms with E-state index < -0.39 is 0 Å². The second-order valence-corrected chi connectivity index (χ2v) is 3.91. The number of aromatic nitrogens is 1. The van der Waals surface area contributed by atoms with Gasteiger partial charge in [0.2, 0.25) is 5.89 Å². The van der Waals surface area contributed by atoms with Gasteiger partial charge in [-0.3, -0.25) is 0 Å². The summed E-state index contributed by atoms with van der Waals surface area (Å²) >= 11 is 0. The van der Waals surface area contributed by atoms with Crippen molar-refractivity contribution in [2.75, 3.05) is 0 Å². The van der Waals surface area contributed by atoms with Crippen LogP contribution in [0.5, 0.6) is 0 Å². The zero-order valence-corrected chi connectivity index (χ0v) is 10.0. The number of oxazole rings is 1. The van der Waals surface area contributed by atoms with E-state index in [0.29, 0.717) is 12.3 Å². The highest BCUT2D eigenvalue weighted by atomic mass is 16.4. The number of hydrogen-bond donors (Lipinski definition) is 0. The molecule has 0 radical (unpaired) electrons. The molecule has 0 saturated heterocycles. The van der Waals surface area contributed by atoms with Crippen molar-refractivity contribution >= 4 is 0 Å². The Balaban J connectivity index is 2.33. The molecular formula is C14H14N2O. The first-order valence-corrected chi connectivity index (χ1v) is 5.67. The molecule has 1 heterocycles. The second-order valence-electron chi connectivity index (χ2n) is 3.91. The maximum Gasteiger partial charge on any atom is 0.226 e. The predicted molar refractivity (Wildman–Crippen MR) is 65.4 cm³/mol. The first-order valence-electron chi connectivity index (χ1n) is 5.67. The van der Waals surface area contributed by atoms with E-state index in [1.165, 1.54) is 5.56 Å². The number of nitrogens with zero attached hydrogens (tertiary/aromatic N) is 2. The molecule has 2 rings (SSSR count). The Labute approximate surface area is 101 Å². The Kier molecular flexibility index (Phi) is 3.24. The first kappa shape index (κ1) is 11.4. The first-order chi connectivity index (χ1) is 8.24. The van der Waals surface area contributed by atoms with Crippen molar-refractivity contribution in [1.82, 2.24) is 4.98 Å². The SMILES string of the molecule is CCc1ccc(-c2nc(CC#N)c(C)o2)cc1. The highest BCUT2D eigenvalue weighted by molar-refractivity contribution is 5.54. The summed E-state index contributed by atoms with van der Waals surface area (Å²) in [7, 11) is 0. The molecule has 0 atom stereocenters. The van der Waals surface area contributed by atoms with Crippen LogP contribution in [-0.4, -0.2) is 4.98 Å². The van der Waals surface area contributed by atoms with Crippen LogP contribution >= 0.6 is 0 Å². The fourth-order valence-corrected chi connectivity index (χ4v) is 1.67. The summed E-state index contributed by atoms with van der Waals surface area (Å²) in [5.74, 6) is 1.32. The largest absolute Gasteiger partial charge is 0.441 e. The molecule has 0 aliphatic heterocycles. The van der Waals surface area contributed by atoms with Gasteiger partial charge in [-0.05, 0) is 31.0 Å². The zero-order valence-electron chi connectivity index (χ0n) is 10.0.